The van der Waals surface area contributed by atoms with Crippen molar-refractivity contribution in [3.05, 3.63) is 24.4 Å². The van der Waals surface area contributed by atoms with Crippen LogP contribution in [0, 0.1) is 5.92 Å². The van der Waals surface area contributed by atoms with Crippen molar-refractivity contribution in [1.29, 1.82) is 0 Å². The van der Waals surface area contributed by atoms with E-state index in [1.54, 1.807) is 0 Å². The van der Waals surface area contributed by atoms with Gasteiger partial charge in [-0.25, -0.2) is 0 Å². The van der Waals surface area contributed by atoms with Crippen molar-refractivity contribution in [1.82, 2.24) is 5.32 Å². The number of nitrogens with one attached hydrogen (secondary N) is 1. The van der Waals surface area contributed by atoms with E-state index in [1.165, 1.54) is 19.3 Å². The molecular formula is C9H13N. The molecule has 2 rings (SSSR count). The Labute approximate surface area is 61.8 Å². The zero-order chi connectivity index (χ0) is 6.81. The second kappa shape index (κ2) is 2.49. The molecule has 1 heteroatoms. The highest BCUT2D eigenvalue weighted by atomic mass is 14.9. The Morgan fingerprint density at radius 3 is 2.70 bits per heavy atom. The van der Waals surface area contributed by atoms with Crippen molar-refractivity contribution in [3.8, 4) is 0 Å². The molecule has 0 bridgehead atoms. The van der Waals surface area contributed by atoms with Crippen molar-refractivity contribution in [2.75, 3.05) is 0 Å². The maximum Gasteiger partial charge on any atom is 0.0324 e. The fraction of sp³-hybridized carbons (Fsp3) is 0.556. The molecule has 2 aliphatic rings. The lowest BCUT2D eigenvalue weighted by molar-refractivity contribution is 0.360. The third-order valence-corrected chi connectivity index (χ3v) is 2.43. The van der Waals surface area contributed by atoms with Gasteiger partial charge in [-0.05, 0) is 31.4 Å². The molecule has 0 saturated carbocycles. The molecule has 54 valence electrons. The van der Waals surface area contributed by atoms with Gasteiger partial charge in [0.1, 0.15) is 0 Å². The van der Waals surface area contributed by atoms with Crippen LogP contribution in [0.25, 0.3) is 0 Å². The molecule has 1 aliphatic heterocycles. The Morgan fingerprint density at radius 2 is 1.80 bits per heavy atom. The summed E-state index contributed by atoms with van der Waals surface area (Å²) in [7, 11) is 0. The van der Waals surface area contributed by atoms with Gasteiger partial charge in [0.05, 0.1) is 0 Å². The normalized spacial score (nSPS) is 36.8. The number of allylic oxidation sites excluding steroid dienone is 2. The first-order valence-electron chi connectivity index (χ1n) is 4.03. The van der Waals surface area contributed by atoms with E-state index in [-0.39, 0.29) is 0 Å². The zero-order valence-corrected chi connectivity index (χ0v) is 6.09. The molecule has 0 amide bonds. The van der Waals surface area contributed by atoms with Gasteiger partial charge in [-0.2, -0.15) is 0 Å². The number of rotatable bonds is 0. The first-order chi connectivity index (χ1) is 4.97. The topological polar surface area (TPSA) is 12.0 Å². The average Bonchev–Trinajstić information content (AvgIpc) is 2.05. The number of hydrogen-bond donors (Lipinski definition) is 1. The fourth-order valence-corrected chi connectivity index (χ4v) is 1.77. The summed E-state index contributed by atoms with van der Waals surface area (Å²) >= 11 is 0. The summed E-state index contributed by atoms with van der Waals surface area (Å²) in [4.78, 5) is 0. The molecular weight excluding hydrogens is 122 g/mol. The molecule has 1 N–H and O–H groups in total. The minimum Gasteiger partial charge on any atom is -0.388 e. The first kappa shape index (κ1) is 6.02. The SMILES string of the molecule is C1=CCC2NC=CCC2C1. The lowest BCUT2D eigenvalue weighted by atomic mass is 9.85. The second-order valence-electron chi connectivity index (χ2n) is 3.11. The summed E-state index contributed by atoms with van der Waals surface area (Å²) in [6, 6.07) is 0.731. The summed E-state index contributed by atoms with van der Waals surface area (Å²) < 4.78 is 0. The van der Waals surface area contributed by atoms with Crippen LogP contribution in [0.15, 0.2) is 24.4 Å². The molecule has 0 saturated heterocycles. The lowest BCUT2D eigenvalue weighted by Crippen LogP contribution is -2.36. The Kier molecular flexibility index (Phi) is 1.50. The largest absolute Gasteiger partial charge is 0.388 e. The van der Waals surface area contributed by atoms with Gasteiger partial charge >= 0.3 is 0 Å². The van der Waals surface area contributed by atoms with Crippen LogP contribution in [-0.4, -0.2) is 6.04 Å². The van der Waals surface area contributed by atoms with Crippen LogP contribution in [0.4, 0.5) is 0 Å². The van der Waals surface area contributed by atoms with Gasteiger partial charge in [0.25, 0.3) is 0 Å². The third kappa shape index (κ3) is 0.962. The molecule has 2 unspecified atom stereocenters. The van der Waals surface area contributed by atoms with Crippen LogP contribution >= 0.6 is 0 Å². The van der Waals surface area contributed by atoms with Crippen molar-refractivity contribution in [2.24, 2.45) is 5.92 Å². The second-order valence-corrected chi connectivity index (χ2v) is 3.11. The lowest BCUT2D eigenvalue weighted by Gasteiger charge is -2.30. The van der Waals surface area contributed by atoms with E-state index in [0.29, 0.717) is 0 Å². The highest BCUT2D eigenvalue weighted by molar-refractivity contribution is 5.04. The van der Waals surface area contributed by atoms with Crippen LogP contribution in [0.2, 0.25) is 0 Å². The minimum atomic E-state index is 0.731. The highest BCUT2D eigenvalue weighted by Crippen LogP contribution is 2.24. The molecule has 1 heterocycles. The van der Waals surface area contributed by atoms with E-state index < -0.39 is 0 Å². The number of hydrogen-bond acceptors (Lipinski definition) is 1. The van der Waals surface area contributed by atoms with Gasteiger partial charge in [0.15, 0.2) is 0 Å². The van der Waals surface area contributed by atoms with Crippen LogP contribution in [-0.2, 0) is 0 Å². The molecule has 0 spiro atoms. The summed E-state index contributed by atoms with van der Waals surface area (Å²) in [6.07, 6.45) is 12.7. The maximum absolute atomic E-state index is 3.39. The first-order valence-corrected chi connectivity index (χ1v) is 4.03. The van der Waals surface area contributed by atoms with E-state index in [4.69, 9.17) is 0 Å². The molecule has 0 aromatic carbocycles. The average molecular weight is 135 g/mol. The molecule has 0 fully saturated rings. The van der Waals surface area contributed by atoms with Crippen LogP contribution in [0.3, 0.4) is 0 Å². The maximum atomic E-state index is 3.39. The van der Waals surface area contributed by atoms with Gasteiger partial charge in [-0.3, -0.25) is 0 Å². The summed E-state index contributed by atoms with van der Waals surface area (Å²) in [5.74, 6) is 0.870. The molecule has 0 aromatic rings. The number of fused-ring (bicyclic) bond motifs is 1. The highest BCUT2D eigenvalue weighted by Gasteiger charge is 2.21. The van der Waals surface area contributed by atoms with Crippen molar-refractivity contribution >= 4 is 0 Å². The van der Waals surface area contributed by atoms with Crippen molar-refractivity contribution in [2.45, 2.75) is 25.3 Å². The molecule has 10 heavy (non-hydrogen) atoms. The monoisotopic (exact) mass is 135 g/mol. The van der Waals surface area contributed by atoms with E-state index >= 15 is 0 Å². The Balaban J connectivity index is 2.09. The molecule has 0 aromatic heterocycles. The van der Waals surface area contributed by atoms with E-state index in [1.807, 2.05) is 0 Å². The summed E-state index contributed by atoms with van der Waals surface area (Å²) in [6.45, 7) is 0. The fourth-order valence-electron chi connectivity index (χ4n) is 1.77. The molecule has 2 atom stereocenters. The van der Waals surface area contributed by atoms with E-state index in [9.17, 15) is 0 Å². The smallest absolute Gasteiger partial charge is 0.0324 e. The van der Waals surface area contributed by atoms with E-state index in [0.717, 1.165) is 12.0 Å². The van der Waals surface area contributed by atoms with Crippen molar-refractivity contribution < 1.29 is 0 Å². The summed E-state index contributed by atoms with van der Waals surface area (Å²) in [5.41, 5.74) is 0. The van der Waals surface area contributed by atoms with Gasteiger partial charge in [-0.1, -0.05) is 18.2 Å². The van der Waals surface area contributed by atoms with Crippen LogP contribution < -0.4 is 5.32 Å². The van der Waals surface area contributed by atoms with Gasteiger partial charge < -0.3 is 5.32 Å². The van der Waals surface area contributed by atoms with Gasteiger partial charge in [-0.15, -0.1) is 0 Å². The van der Waals surface area contributed by atoms with Crippen LogP contribution in [0.5, 0.6) is 0 Å². The van der Waals surface area contributed by atoms with Crippen molar-refractivity contribution in [3.63, 3.8) is 0 Å². The zero-order valence-electron chi connectivity index (χ0n) is 6.09. The Bertz CT molecular complexity index is 134. The predicted octanol–water partition coefficient (Wildman–Crippen LogP) is 1.83. The van der Waals surface area contributed by atoms with Gasteiger partial charge in [0.2, 0.25) is 0 Å². The third-order valence-electron chi connectivity index (χ3n) is 2.43. The quantitative estimate of drug-likeness (QED) is 0.500. The van der Waals surface area contributed by atoms with E-state index in [2.05, 4.69) is 29.7 Å². The molecule has 0 radical (unpaired) electrons. The van der Waals surface area contributed by atoms with Gasteiger partial charge in [0, 0.05) is 6.04 Å². The molecule has 1 aliphatic carbocycles. The minimum absolute atomic E-state index is 0.731. The predicted molar refractivity (Wildman–Crippen MR) is 42.5 cm³/mol. The molecule has 1 nitrogen and oxygen atoms in total. The Hall–Kier alpha value is -0.720. The standard InChI is InChI=1S/C9H13N/c1-2-6-9-8(4-1)5-3-7-10-9/h1-3,7-10H,4-6H2. The Morgan fingerprint density at radius 1 is 1.00 bits per heavy atom. The summed E-state index contributed by atoms with van der Waals surface area (Å²) in [5, 5.41) is 3.39. The van der Waals surface area contributed by atoms with Crippen LogP contribution in [0.1, 0.15) is 19.3 Å².